The standard InChI is InChI=1S/C15H17FN2O/c1-10-6-13(11(2)18-10)9-17-15(19)8-12-4-3-5-14(16)7-12/h3-7,18H,8-9H2,1-2H3,(H,17,19). The number of nitrogens with one attached hydrogen (secondary N) is 2. The second-order valence-corrected chi connectivity index (χ2v) is 4.69. The van der Waals surface area contributed by atoms with E-state index in [4.69, 9.17) is 0 Å². The molecule has 0 radical (unpaired) electrons. The van der Waals surface area contributed by atoms with Crippen molar-refractivity contribution in [1.29, 1.82) is 0 Å². The van der Waals surface area contributed by atoms with Gasteiger partial charge in [0.25, 0.3) is 0 Å². The minimum atomic E-state index is -0.317. The Morgan fingerprint density at radius 2 is 2.11 bits per heavy atom. The fraction of sp³-hybridized carbons (Fsp3) is 0.267. The van der Waals surface area contributed by atoms with E-state index in [1.807, 2.05) is 19.9 Å². The molecule has 0 fully saturated rings. The van der Waals surface area contributed by atoms with Crippen LogP contribution in [0.5, 0.6) is 0 Å². The molecule has 0 atom stereocenters. The molecular weight excluding hydrogens is 243 g/mol. The molecule has 0 aliphatic carbocycles. The number of carbonyl (C=O) groups is 1. The highest BCUT2D eigenvalue weighted by Crippen LogP contribution is 2.09. The van der Waals surface area contributed by atoms with E-state index in [1.54, 1.807) is 12.1 Å². The van der Waals surface area contributed by atoms with Crippen molar-refractivity contribution in [2.24, 2.45) is 0 Å². The normalized spacial score (nSPS) is 10.5. The average molecular weight is 260 g/mol. The Bertz CT molecular complexity index is 590. The van der Waals surface area contributed by atoms with Gasteiger partial charge in [-0.15, -0.1) is 0 Å². The van der Waals surface area contributed by atoms with Crippen molar-refractivity contribution in [2.45, 2.75) is 26.8 Å². The highest BCUT2D eigenvalue weighted by Gasteiger charge is 2.06. The first-order valence-corrected chi connectivity index (χ1v) is 6.21. The zero-order valence-corrected chi connectivity index (χ0v) is 11.1. The zero-order chi connectivity index (χ0) is 13.8. The Hall–Kier alpha value is -2.10. The van der Waals surface area contributed by atoms with Crippen LogP contribution in [0.2, 0.25) is 0 Å². The molecule has 100 valence electrons. The van der Waals surface area contributed by atoms with E-state index in [2.05, 4.69) is 10.3 Å². The van der Waals surface area contributed by atoms with Crippen molar-refractivity contribution in [3.8, 4) is 0 Å². The molecule has 1 amide bonds. The fourth-order valence-corrected chi connectivity index (χ4v) is 2.05. The first kappa shape index (κ1) is 13.3. The first-order valence-electron chi connectivity index (χ1n) is 6.21. The third kappa shape index (κ3) is 3.68. The SMILES string of the molecule is Cc1cc(CNC(=O)Cc2cccc(F)c2)c(C)[nH]1. The summed E-state index contributed by atoms with van der Waals surface area (Å²) >= 11 is 0. The minimum Gasteiger partial charge on any atom is -0.362 e. The number of halogens is 1. The van der Waals surface area contributed by atoms with Crippen molar-refractivity contribution >= 4 is 5.91 Å². The van der Waals surface area contributed by atoms with Gasteiger partial charge in [-0.05, 0) is 43.2 Å². The van der Waals surface area contributed by atoms with Crippen LogP contribution < -0.4 is 5.32 Å². The summed E-state index contributed by atoms with van der Waals surface area (Å²) < 4.78 is 13.0. The lowest BCUT2D eigenvalue weighted by Gasteiger charge is -2.05. The molecule has 2 aromatic rings. The highest BCUT2D eigenvalue weighted by molar-refractivity contribution is 5.78. The van der Waals surface area contributed by atoms with E-state index in [-0.39, 0.29) is 18.1 Å². The van der Waals surface area contributed by atoms with Gasteiger partial charge in [0.05, 0.1) is 6.42 Å². The van der Waals surface area contributed by atoms with Crippen LogP contribution in [-0.2, 0) is 17.8 Å². The molecule has 0 aliphatic heterocycles. The molecule has 2 N–H and O–H groups in total. The van der Waals surface area contributed by atoms with Crippen LogP contribution in [0.25, 0.3) is 0 Å². The fourth-order valence-electron chi connectivity index (χ4n) is 2.05. The van der Waals surface area contributed by atoms with Gasteiger partial charge >= 0.3 is 0 Å². The summed E-state index contributed by atoms with van der Waals surface area (Å²) in [6.07, 6.45) is 0.195. The molecule has 0 bridgehead atoms. The van der Waals surface area contributed by atoms with Crippen LogP contribution in [0, 0.1) is 19.7 Å². The third-order valence-electron chi connectivity index (χ3n) is 2.99. The number of amides is 1. The molecule has 19 heavy (non-hydrogen) atoms. The Labute approximate surface area is 111 Å². The molecule has 0 aliphatic rings. The largest absolute Gasteiger partial charge is 0.362 e. The number of carbonyl (C=O) groups excluding carboxylic acids is 1. The van der Waals surface area contributed by atoms with Gasteiger partial charge in [0.15, 0.2) is 0 Å². The van der Waals surface area contributed by atoms with E-state index in [0.717, 1.165) is 17.0 Å². The highest BCUT2D eigenvalue weighted by atomic mass is 19.1. The van der Waals surface area contributed by atoms with E-state index in [9.17, 15) is 9.18 Å². The summed E-state index contributed by atoms with van der Waals surface area (Å²) in [7, 11) is 0. The number of aryl methyl sites for hydroxylation is 2. The summed E-state index contributed by atoms with van der Waals surface area (Å²) in [5.74, 6) is -0.425. The Balaban J connectivity index is 1.90. The molecular formula is C15H17FN2O. The smallest absolute Gasteiger partial charge is 0.224 e. The van der Waals surface area contributed by atoms with Gasteiger partial charge in [-0.2, -0.15) is 0 Å². The third-order valence-corrected chi connectivity index (χ3v) is 2.99. The number of benzene rings is 1. The number of H-pyrrole nitrogens is 1. The van der Waals surface area contributed by atoms with Crippen LogP contribution in [0.1, 0.15) is 22.5 Å². The average Bonchev–Trinajstić information content (AvgIpc) is 2.65. The molecule has 0 spiro atoms. The quantitative estimate of drug-likeness (QED) is 0.872. The van der Waals surface area contributed by atoms with Crippen LogP contribution in [0.4, 0.5) is 4.39 Å². The van der Waals surface area contributed by atoms with Crippen molar-refractivity contribution < 1.29 is 9.18 Å². The van der Waals surface area contributed by atoms with Gasteiger partial charge in [0, 0.05) is 17.9 Å². The molecule has 3 nitrogen and oxygen atoms in total. The molecule has 4 heteroatoms. The van der Waals surface area contributed by atoms with Crippen LogP contribution in [-0.4, -0.2) is 10.9 Å². The van der Waals surface area contributed by atoms with Crippen molar-refractivity contribution in [1.82, 2.24) is 10.3 Å². The second kappa shape index (κ2) is 5.69. The lowest BCUT2D eigenvalue weighted by atomic mass is 10.1. The van der Waals surface area contributed by atoms with Gasteiger partial charge in [0.2, 0.25) is 5.91 Å². The Kier molecular flexibility index (Phi) is 4.00. The van der Waals surface area contributed by atoms with Crippen LogP contribution in [0.3, 0.4) is 0 Å². The van der Waals surface area contributed by atoms with E-state index < -0.39 is 0 Å². The number of hydrogen-bond donors (Lipinski definition) is 2. The van der Waals surface area contributed by atoms with Gasteiger partial charge in [-0.3, -0.25) is 4.79 Å². The summed E-state index contributed by atoms with van der Waals surface area (Å²) in [4.78, 5) is 15.0. The van der Waals surface area contributed by atoms with E-state index in [0.29, 0.717) is 12.1 Å². The summed E-state index contributed by atoms with van der Waals surface area (Å²) in [6.45, 7) is 4.44. The Morgan fingerprint density at radius 1 is 1.32 bits per heavy atom. The predicted molar refractivity (Wildman–Crippen MR) is 72.2 cm³/mol. The number of hydrogen-bond acceptors (Lipinski definition) is 1. The maximum atomic E-state index is 13.0. The van der Waals surface area contributed by atoms with Crippen molar-refractivity contribution in [3.63, 3.8) is 0 Å². The predicted octanol–water partition coefficient (Wildman–Crippen LogP) is 2.63. The van der Waals surface area contributed by atoms with Gasteiger partial charge in [0.1, 0.15) is 5.82 Å². The minimum absolute atomic E-state index is 0.108. The molecule has 0 unspecified atom stereocenters. The molecule has 1 heterocycles. The van der Waals surface area contributed by atoms with Crippen molar-refractivity contribution in [3.05, 3.63) is 58.7 Å². The Morgan fingerprint density at radius 3 is 2.74 bits per heavy atom. The van der Waals surface area contributed by atoms with Crippen molar-refractivity contribution in [2.75, 3.05) is 0 Å². The molecule has 1 aromatic carbocycles. The number of aromatic nitrogens is 1. The topological polar surface area (TPSA) is 44.9 Å². The molecule has 1 aromatic heterocycles. The van der Waals surface area contributed by atoms with E-state index in [1.165, 1.54) is 12.1 Å². The maximum absolute atomic E-state index is 13.0. The number of aromatic amines is 1. The lowest BCUT2D eigenvalue weighted by Crippen LogP contribution is -2.24. The zero-order valence-electron chi connectivity index (χ0n) is 11.1. The summed E-state index contributed by atoms with van der Waals surface area (Å²) in [5, 5.41) is 2.84. The van der Waals surface area contributed by atoms with Gasteiger partial charge < -0.3 is 10.3 Å². The summed E-state index contributed by atoms with van der Waals surface area (Å²) in [6, 6.07) is 8.11. The number of rotatable bonds is 4. The maximum Gasteiger partial charge on any atom is 0.224 e. The van der Waals surface area contributed by atoms with Crippen LogP contribution in [0.15, 0.2) is 30.3 Å². The molecule has 2 rings (SSSR count). The second-order valence-electron chi connectivity index (χ2n) is 4.69. The monoisotopic (exact) mass is 260 g/mol. The molecule has 0 saturated heterocycles. The first-order chi connectivity index (χ1) is 9.04. The van der Waals surface area contributed by atoms with Gasteiger partial charge in [-0.1, -0.05) is 12.1 Å². The van der Waals surface area contributed by atoms with Crippen LogP contribution >= 0.6 is 0 Å². The summed E-state index contributed by atoms with van der Waals surface area (Å²) in [5.41, 5.74) is 3.89. The van der Waals surface area contributed by atoms with Gasteiger partial charge in [-0.25, -0.2) is 4.39 Å². The molecule has 0 saturated carbocycles. The van der Waals surface area contributed by atoms with E-state index >= 15 is 0 Å². The lowest BCUT2D eigenvalue weighted by molar-refractivity contribution is -0.120.